The molecule has 0 aliphatic carbocycles. The number of ether oxygens (including phenoxy) is 1. The van der Waals surface area contributed by atoms with Crippen LogP contribution in [0.4, 0.5) is 0 Å². The van der Waals surface area contributed by atoms with E-state index < -0.39 is 12.1 Å². The van der Waals surface area contributed by atoms with E-state index in [2.05, 4.69) is 18.6 Å². The fraction of sp³-hybridized carbons (Fsp3) is 0.727. The van der Waals surface area contributed by atoms with Crippen LogP contribution in [-0.2, 0) is 9.53 Å². The van der Waals surface area contributed by atoms with Gasteiger partial charge in [-0.25, -0.2) is 4.79 Å². The highest BCUT2D eigenvalue weighted by Gasteiger charge is 2.07. The molecule has 0 spiro atoms. The van der Waals surface area contributed by atoms with E-state index in [1.165, 1.54) is 19.6 Å². The van der Waals surface area contributed by atoms with Crippen molar-refractivity contribution < 1.29 is 14.6 Å². The second kappa shape index (κ2) is 7.56. The zero-order chi connectivity index (χ0) is 11.0. The summed E-state index contributed by atoms with van der Waals surface area (Å²) in [5.74, 6) is 0.105. The Kier molecular flexibility index (Phi) is 7.11. The summed E-state index contributed by atoms with van der Waals surface area (Å²) in [5, 5.41) is 8.79. The first-order chi connectivity index (χ1) is 6.54. The third kappa shape index (κ3) is 7.80. The molecule has 82 valence electrons. The summed E-state index contributed by atoms with van der Waals surface area (Å²) in [7, 11) is 0. The smallest absolute Gasteiger partial charge is 0.339 e. The van der Waals surface area contributed by atoms with Crippen molar-refractivity contribution in [2.75, 3.05) is 0 Å². The first-order valence-corrected chi connectivity index (χ1v) is 5.07. The van der Waals surface area contributed by atoms with Gasteiger partial charge in [-0.3, -0.25) is 0 Å². The number of hydrogen-bond donors (Lipinski definition) is 1. The summed E-state index contributed by atoms with van der Waals surface area (Å²) in [4.78, 5) is 10.8. The second-order valence-corrected chi connectivity index (χ2v) is 3.81. The molecule has 0 aliphatic heterocycles. The maximum absolute atomic E-state index is 10.8. The van der Waals surface area contributed by atoms with E-state index in [1.807, 2.05) is 6.08 Å². The minimum atomic E-state index is -1.05. The molecule has 0 aromatic rings. The van der Waals surface area contributed by atoms with Crippen molar-refractivity contribution in [2.24, 2.45) is 5.92 Å². The van der Waals surface area contributed by atoms with Crippen LogP contribution >= 0.6 is 0 Å². The van der Waals surface area contributed by atoms with Gasteiger partial charge in [0.05, 0.1) is 6.26 Å². The van der Waals surface area contributed by atoms with Gasteiger partial charge in [0, 0.05) is 0 Å². The molecule has 0 aromatic heterocycles. The van der Waals surface area contributed by atoms with E-state index in [0.717, 1.165) is 12.8 Å². The van der Waals surface area contributed by atoms with Gasteiger partial charge in [-0.15, -0.1) is 0 Å². The van der Waals surface area contributed by atoms with Gasteiger partial charge in [0.1, 0.15) is 6.10 Å². The monoisotopic (exact) mass is 200 g/mol. The Morgan fingerprint density at radius 1 is 1.43 bits per heavy atom. The fourth-order valence-electron chi connectivity index (χ4n) is 0.926. The third-order valence-corrected chi connectivity index (χ3v) is 1.77. The second-order valence-electron chi connectivity index (χ2n) is 3.81. The SMILES string of the molecule is CC(C)CCCC=COC(=O)C(C)O. The van der Waals surface area contributed by atoms with Crippen molar-refractivity contribution in [2.45, 2.75) is 46.1 Å². The summed E-state index contributed by atoms with van der Waals surface area (Å²) in [6.07, 6.45) is 5.30. The standard InChI is InChI=1S/C11H20O3/c1-9(2)7-5-4-6-8-14-11(13)10(3)12/h6,8-10,12H,4-5,7H2,1-3H3. The largest absolute Gasteiger partial charge is 0.433 e. The molecule has 1 unspecified atom stereocenters. The highest BCUT2D eigenvalue weighted by molar-refractivity contribution is 5.74. The van der Waals surface area contributed by atoms with Crippen LogP contribution in [0, 0.1) is 5.92 Å². The molecule has 1 N–H and O–H groups in total. The molecule has 1 atom stereocenters. The lowest BCUT2D eigenvalue weighted by atomic mass is 10.1. The Morgan fingerprint density at radius 2 is 2.07 bits per heavy atom. The highest BCUT2D eigenvalue weighted by atomic mass is 16.5. The molecule has 0 amide bonds. The molecule has 0 aliphatic rings. The minimum Gasteiger partial charge on any atom is -0.433 e. The Morgan fingerprint density at radius 3 is 2.57 bits per heavy atom. The summed E-state index contributed by atoms with van der Waals surface area (Å²) >= 11 is 0. The molecule has 0 bridgehead atoms. The fourth-order valence-corrected chi connectivity index (χ4v) is 0.926. The quantitative estimate of drug-likeness (QED) is 0.406. The number of esters is 1. The molecule has 0 aromatic carbocycles. The van der Waals surface area contributed by atoms with E-state index in [4.69, 9.17) is 5.11 Å². The molecule has 0 radical (unpaired) electrons. The maximum atomic E-state index is 10.8. The number of hydrogen-bond acceptors (Lipinski definition) is 3. The van der Waals surface area contributed by atoms with Crippen LogP contribution in [0.1, 0.15) is 40.0 Å². The average Bonchev–Trinajstić information content (AvgIpc) is 2.09. The predicted molar refractivity (Wildman–Crippen MR) is 55.6 cm³/mol. The van der Waals surface area contributed by atoms with Crippen LogP contribution in [0.25, 0.3) is 0 Å². The van der Waals surface area contributed by atoms with E-state index in [-0.39, 0.29) is 0 Å². The van der Waals surface area contributed by atoms with Gasteiger partial charge in [0.2, 0.25) is 0 Å². The predicted octanol–water partition coefficient (Wildman–Crippen LogP) is 2.25. The van der Waals surface area contributed by atoms with Crippen LogP contribution in [0.3, 0.4) is 0 Å². The lowest BCUT2D eigenvalue weighted by Gasteiger charge is -2.02. The number of aliphatic hydroxyl groups excluding tert-OH is 1. The third-order valence-electron chi connectivity index (χ3n) is 1.77. The topological polar surface area (TPSA) is 46.5 Å². The first kappa shape index (κ1) is 13.2. The van der Waals surface area contributed by atoms with E-state index in [0.29, 0.717) is 5.92 Å². The first-order valence-electron chi connectivity index (χ1n) is 5.07. The van der Waals surface area contributed by atoms with E-state index in [1.54, 1.807) is 0 Å². The van der Waals surface area contributed by atoms with Crippen molar-refractivity contribution >= 4 is 5.97 Å². The Hall–Kier alpha value is -0.830. The lowest BCUT2D eigenvalue weighted by molar-refractivity contribution is -0.146. The van der Waals surface area contributed by atoms with Gasteiger partial charge in [-0.05, 0) is 31.8 Å². The summed E-state index contributed by atoms with van der Waals surface area (Å²) in [6.45, 7) is 5.74. The molecule has 0 saturated heterocycles. The summed E-state index contributed by atoms with van der Waals surface area (Å²) in [6, 6.07) is 0. The number of rotatable bonds is 6. The lowest BCUT2D eigenvalue weighted by Crippen LogP contribution is -2.16. The zero-order valence-corrected chi connectivity index (χ0v) is 9.19. The molecule has 14 heavy (non-hydrogen) atoms. The van der Waals surface area contributed by atoms with Crippen LogP contribution in [0.5, 0.6) is 0 Å². The van der Waals surface area contributed by atoms with Gasteiger partial charge in [-0.1, -0.05) is 20.3 Å². The zero-order valence-electron chi connectivity index (χ0n) is 9.19. The van der Waals surface area contributed by atoms with Gasteiger partial charge in [0.15, 0.2) is 0 Å². The number of carbonyl (C=O) groups excluding carboxylic acids is 1. The molecular weight excluding hydrogens is 180 g/mol. The van der Waals surface area contributed by atoms with Gasteiger partial charge >= 0.3 is 5.97 Å². The molecule has 0 heterocycles. The van der Waals surface area contributed by atoms with E-state index >= 15 is 0 Å². The molecule has 0 rings (SSSR count). The van der Waals surface area contributed by atoms with Crippen molar-refractivity contribution in [3.8, 4) is 0 Å². The molecular formula is C11H20O3. The molecule has 3 heteroatoms. The minimum absolute atomic E-state index is 0.606. The highest BCUT2D eigenvalue weighted by Crippen LogP contribution is 2.06. The van der Waals surface area contributed by atoms with Crippen LogP contribution in [0.15, 0.2) is 12.3 Å². The normalized spacial score (nSPS) is 13.5. The van der Waals surface area contributed by atoms with Gasteiger partial charge in [0.25, 0.3) is 0 Å². The number of allylic oxidation sites excluding steroid dienone is 1. The number of carbonyl (C=O) groups is 1. The summed E-state index contributed by atoms with van der Waals surface area (Å²) in [5.41, 5.74) is 0. The van der Waals surface area contributed by atoms with Crippen LogP contribution in [-0.4, -0.2) is 17.2 Å². The van der Waals surface area contributed by atoms with Gasteiger partial charge < -0.3 is 9.84 Å². The number of aliphatic hydroxyl groups is 1. The van der Waals surface area contributed by atoms with Crippen molar-refractivity contribution in [3.05, 3.63) is 12.3 Å². The Balaban J connectivity index is 3.41. The maximum Gasteiger partial charge on any atom is 0.339 e. The van der Waals surface area contributed by atoms with Crippen LogP contribution in [0.2, 0.25) is 0 Å². The molecule has 0 saturated carbocycles. The molecule has 3 nitrogen and oxygen atoms in total. The average molecular weight is 200 g/mol. The number of unbranched alkanes of at least 4 members (excludes halogenated alkanes) is 1. The molecule has 0 fully saturated rings. The summed E-state index contributed by atoms with van der Waals surface area (Å²) < 4.78 is 4.64. The van der Waals surface area contributed by atoms with Crippen molar-refractivity contribution in [3.63, 3.8) is 0 Å². The van der Waals surface area contributed by atoms with Crippen LogP contribution < -0.4 is 0 Å². The Bertz CT molecular complexity index is 183. The van der Waals surface area contributed by atoms with Gasteiger partial charge in [-0.2, -0.15) is 0 Å². The van der Waals surface area contributed by atoms with E-state index in [9.17, 15) is 4.79 Å². The Labute approximate surface area is 85.8 Å². The van der Waals surface area contributed by atoms with Crippen molar-refractivity contribution in [1.82, 2.24) is 0 Å². The van der Waals surface area contributed by atoms with Crippen molar-refractivity contribution in [1.29, 1.82) is 0 Å².